The van der Waals surface area contributed by atoms with Crippen molar-refractivity contribution >= 4 is 29.2 Å². The van der Waals surface area contributed by atoms with E-state index in [1.54, 1.807) is 35.3 Å². The number of hydrogen-bond donors (Lipinski definition) is 0. The highest BCUT2D eigenvalue weighted by molar-refractivity contribution is 6.21. The molecular weight excluding hydrogens is 449 g/mol. The van der Waals surface area contributed by atoms with Gasteiger partial charge < -0.3 is 9.80 Å². The molecule has 0 bridgehead atoms. The number of urea groups is 1. The molecule has 1 aromatic rings. The Morgan fingerprint density at radius 2 is 1.82 bits per heavy atom. The zero-order valence-corrected chi connectivity index (χ0v) is 18.5. The summed E-state index contributed by atoms with van der Waals surface area (Å²) in [6.07, 6.45) is 3.74. The number of piperazine rings is 1. The standard InChI is InChI=1S/C24H25F3N4O3/c25-24(26,27)17-6-5-7-18(16-17)29-12-14-30(15-13-29)21(32)10-3-4-11-31-22(33)19-8-1-2-9-20(19)28-23(31)34/h1-2,5-9,16,19H,3-4,10-15H2. The van der Waals surface area contributed by atoms with Crippen LogP contribution in [0.2, 0.25) is 0 Å². The Hall–Kier alpha value is -3.43. The molecule has 0 spiro atoms. The van der Waals surface area contributed by atoms with Gasteiger partial charge in [-0.3, -0.25) is 14.5 Å². The monoisotopic (exact) mass is 474 g/mol. The fraction of sp³-hybridized carbons (Fsp3) is 0.417. The van der Waals surface area contributed by atoms with Gasteiger partial charge in [0.2, 0.25) is 11.8 Å². The van der Waals surface area contributed by atoms with Crippen LogP contribution in [0.25, 0.3) is 0 Å². The smallest absolute Gasteiger partial charge is 0.368 e. The fourth-order valence-electron chi connectivity index (χ4n) is 4.28. The molecule has 0 aromatic heterocycles. The van der Waals surface area contributed by atoms with Gasteiger partial charge in [0.1, 0.15) is 0 Å². The third-order valence-corrected chi connectivity index (χ3v) is 6.18. The lowest BCUT2D eigenvalue weighted by molar-refractivity contribution is -0.137. The van der Waals surface area contributed by atoms with Crippen molar-refractivity contribution in [3.05, 3.63) is 54.1 Å². The van der Waals surface area contributed by atoms with Crippen molar-refractivity contribution < 1.29 is 27.6 Å². The van der Waals surface area contributed by atoms with Gasteiger partial charge in [-0.05, 0) is 37.1 Å². The Kier molecular flexibility index (Phi) is 6.85. The molecule has 3 aliphatic rings. The van der Waals surface area contributed by atoms with Crippen LogP contribution >= 0.6 is 0 Å². The number of carbonyl (C=O) groups is 3. The van der Waals surface area contributed by atoms with Crippen LogP contribution < -0.4 is 4.90 Å². The lowest BCUT2D eigenvalue weighted by atomic mass is 9.95. The van der Waals surface area contributed by atoms with Crippen LogP contribution in [-0.2, 0) is 15.8 Å². The van der Waals surface area contributed by atoms with Crippen LogP contribution in [0.4, 0.5) is 23.7 Å². The summed E-state index contributed by atoms with van der Waals surface area (Å²) in [4.78, 5) is 46.0. The lowest BCUT2D eigenvalue weighted by Gasteiger charge is -2.36. The minimum atomic E-state index is -4.39. The number of imide groups is 1. The Bertz CT molecular complexity index is 1060. The average Bonchev–Trinajstić information content (AvgIpc) is 2.83. The molecule has 7 nitrogen and oxygen atoms in total. The summed E-state index contributed by atoms with van der Waals surface area (Å²) in [5.41, 5.74) is 0.257. The van der Waals surface area contributed by atoms with E-state index in [0.717, 1.165) is 17.0 Å². The Balaban J connectivity index is 1.21. The van der Waals surface area contributed by atoms with Gasteiger partial charge in [-0.25, -0.2) is 4.79 Å². The van der Waals surface area contributed by atoms with Crippen molar-refractivity contribution in [2.45, 2.75) is 25.4 Å². The summed E-state index contributed by atoms with van der Waals surface area (Å²) in [7, 11) is 0. The number of anilines is 1. The molecule has 0 N–H and O–H groups in total. The van der Waals surface area contributed by atoms with Gasteiger partial charge in [0.15, 0.2) is 0 Å². The first-order valence-electron chi connectivity index (χ1n) is 11.2. The summed E-state index contributed by atoms with van der Waals surface area (Å²) in [5, 5.41) is 0. The predicted molar refractivity (Wildman–Crippen MR) is 120 cm³/mol. The van der Waals surface area contributed by atoms with E-state index in [4.69, 9.17) is 0 Å². The number of amides is 4. The van der Waals surface area contributed by atoms with Gasteiger partial charge >= 0.3 is 12.2 Å². The number of unbranched alkanes of at least 4 members (excludes halogenated alkanes) is 1. The van der Waals surface area contributed by atoms with E-state index in [9.17, 15) is 27.6 Å². The van der Waals surface area contributed by atoms with Gasteiger partial charge in [0.25, 0.3) is 0 Å². The normalized spacial score (nSPS) is 20.5. The minimum Gasteiger partial charge on any atom is -0.368 e. The molecule has 1 aliphatic carbocycles. The van der Waals surface area contributed by atoms with Crippen molar-refractivity contribution in [1.82, 2.24) is 9.80 Å². The van der Waals surface area contributed by atoms with Crippen molar-refractivity contribution in [1.29, 1.82) is 0 Å². The average molecular weight is 474 g/mol. The number of benzene rings is 1. The number of aliphatic imine (C=N–C) groups is 1. The second-order valence-electron chi connectivity index (χ2n) is 8.40. The highest BCUT2D eigenvalue weighted by Gasteiger charge is 2.35. The van der Waals surface area contributed by atoms with Crippen molar-refractivity contribution in [2.24, 2.45) is 10.9 Å². The van der Waals surface area contributed by atoms with E-state index in [1.165, 1.54) is 6.07 Å². The second kappa shape index (κ2) is 9.82. The highest BCUT2D eigenvalue weighted by atomic mass is 19.4. The van der Waals surface area contributed by atoms with E-state index >= 15 is 0 Å². The van der Waals surface area contributed by atoms with Crippen LogP contribution in [0.3, 0.4) is 0 Å². The predicted octanol–water partition coefficient (Wildman–Crippen LogP) is 3.67. The molecular formula is C24H25F3N4O3. The van der Waals surface area contributed by atoms with Crippen molar-refractivity contribution in [3.8, 4) is 0 Å². The largest absolute Gasteiger partial charge is 0.416 e. The van der Waals surface area contributed by atoms with Gasteiger partial charge in [-0.15, -0.1) is 0 Å². The molecule has 2 aliphatic heterocycles. The number of nitrogens with zero attached hydrogens (tertiary/aromatic N) is 4. The molecule has 0 saturated carbocycles. The molecule has 10 heteroatoms. The molecule has 1 atom stereocenters. The number of fused-ring (bicyclic) bond motifs is 1. The zero-order valence-electron chi connectivity index (χ0n) is 18.5. The Morgan fingerprint density at radius 1 is 1.06 bits per heavy atom. The third kappa shape index (κ3) is 5.21. The zero-order chi connectivity index (χ0) is 24.3. The van der Waals surface area contributed by atoms with E-state index < -0.39 is 23.7 Å². The maximum absolute atomic E-state index is 13.0. The van der Waals surface area contributed by atoms with Crippen molar-refractivity contribution in [2.75, 3.05) is 37.6 Å². The molecule has 180 valence electrons. The number of carbonyl (C=O) groups excluding carboxylic acids is 3. The number of alkyl halides is 3. The quantitative estimate of drug-likeness (QED) is 0.590. The second-order valence-corrected chi connectivity index (χ2v) is 8.40. The lowest BCUT2D eigenvalue weighted by Crippen LogP contribution is -2.49. The number of rotatable bonds is 6. The van der Waals surface area contributed by atoms with E-state index in [1.807, 2.05) is 4.90 Å². The maximum atomic E-state index is 13.0. The van der Waals surface area contributed by atoms with Crippen LogP contribution in [0.5, 0.6) is 0 Å². The van der Waals surface area contributed by atoms with Gasteiger partial charge in [0.05, 0.1) is 17.2 Å². The molecule has 4 amide bonds. The summed E-state index contributed by atoms with van der Waals surface area (Å²) in [6, 6.07) is 4.63. The first-order chi connectivity index (χ1) is 16.2. The summed E-state index contributed by atoms with van der Waals surface area (Å²) in [5.74, 6) is -0.870. The molecule has 1 aromatic carbocycles. The molecule has 2 heterocycles. The minimum absolute atomic E-state index is 0.0411. The van der Waals surface area contributed by atoms with Crippen LogP contribution in [-0.4, -0.2) is 66.1 Å². The molecule has 1 fully saturated rings. The van der Waals surface area contributed by atoms with Crippen LogP contribution in [0, 0.1) is 5.92 Å². The van der Waals surface area contributed by atoms with Crippen LogP contribution in [0.1, 0.15) is 24.8 Å². The summed E-state index contributed by atoms with van der Waals surface area (Å²) in [6.45, 7) is 1.97. The van der Waals surface area contributed by atoms with E-state index in [2.05, 4.69) is 4.99 Å². The van der Waals surface area contributed by atoms with Gasteiger partial charge in [-0.1, -0.05) is 24.3 Å². The molecule has 0 radical (unpaired) electrons. The summed E-state index contributed by atoms with van der Waals surface area (Å²) >= 11 is 0. The Labute approximate surface area is 195 Å². The Morgan fingerprint density at radius 3 is 2.56 bits per heavy atom. The number of hydrogen-bond acceptors (Lipinski definition) is 4. The highest BCUT2D eigenvalue weighted by Crippen LogP contribution is 2.32. The fourth-order valence-corrected chi connectivity index (χ4v) is 4.28. The topological polar surface area (TPSA) is 73.3 Å². The molecule has 34 heavy (non-hydrogen) atoms. The maximum Gasteiger partial charge on any atom is 0.416 e. The third-order valence-electron chi connectivity index (χ3n) is 6.18. The van der Waals surface area contributed by atoms with Crippen LogP contribution in [0.15, 0.2) is 53.6 Å². The van der Waals surface area contributed by atoms with Gasteiger partial charge in [0, 0.05) is 44.8 Å². The SMILES string of the molecule is O=C(CCCCN1C(=O)N=C2C=CC=CC2C1=O)N1CCN(c2cccc(C(F)(F)F)c2)CC1. The molecule has 1 unspecified atom stereocenters. The van der Waals surface area contributed by atoms with Gasteiger partial charge in [-0.2, -0.15) is 18.2 Å². The molecule has 1 saturated heterocycles. The molecule has 4 rings (SSSR count). The van der Waals surface area contributed by atoms with E-state index in [0.29, 0.717) is 50.4 Å². The number of allylic oxidation sites excluding steroid dienone is 3. The summed E-state index contributed by atoms with van der Waals surface area (Å²) < 4.78 is 38.9. The van der Waals surface area contributed by atoms with Crippen molar-refractivity contribution in [3.63, 3.8) is 0 Å². The van der Waals surface area contributed by atoms with E-state index in [-0.39, 0.29) is 24.8 Å². The first kappa shape index (κ1) is 23.7. The number of halogens is 3. The first-order valence-corrected chi connectivity index (χ1v) is 11.2.